The number of carbonyl (C=O) groups is 5. The predicted octanol–water partition coefficient (Wildman–Crippen LogP) is 0.128. The third kappa shape index (κ3) is 11.6. The number of nitrogens with one attached hydrogen (secondary N) is 3. The summed E-state index contributed by atoms with van der Waals surface area (Å²) in [6.07, 6.45) is 0.171. The quantitative estimate of drug-likeness (QED) is 0.225. The molecule has 2 aromatic rings. The zero-order valence-electron chi connectivity index (χ0n) is 26.2. The van der Waals surface area contributed by atoms with Gasteiger partial charge in [-0.25, -0.2) is 0 Å². The molecule has 2 fully saturated rings. The molecule has 0 bridgehead atoms. The summed E-state index contributed by atoms with van der Waals surface area (Å²) in [5.74, 6) is -1.32. The molecule has 0 saturated carbocycles. The van der Waals surface area contributed by atoms with Crippen LogP contribution in [0.25, 0.3) is 0 Å². The summed E-state index contributed by atoms with van der Waals surface area (Å²) in [7, 11) is 1.67. The van der Waals surface area contributed by atoms with Crippen molar-refractivity contribution in [2.45, 2.75) is 44.9 Å². The van der Waals surface area contributed by atoms with Crippen LogP contribution in [-0.2, 0) is 35.1 Å². The molecule has 13 nitrogen and oxygen atoms in total. The average molecular weight is 626 g/mol. The molecule has 13 heteroatoms. The monoisotopic (exact) mass is 625 g/mol. The average Bonchev–Trinajstić information content (AvgIpc) is 3.78. The van der Waals surface area contributed by atoms with Crippen LogP contribution in [0.4, 0.5) is 0 Å². The van der Waals surface area contributed by atoms with E-state index in [9.17, 15) is 24.0 Å². The first-order chi connectivity index (χ1) is 21.4. The van der Waals surface area contributed by atoms with Gasteiger partial charge in [-0.05, 0) is 57.0 Å². The van der Waals surface area contributed by atoms with Gasteiger partial charge in [-0.15, -0.1) is 0 Å². The van der Waals surface area contributed by atoms with Crippen LogP contribution < -0.4 is 26.4 Å². The van der Waals surface area contributed by atoms with E-state index >= 15 is 0 Å². The van der Waals surface area contributed by atoms with Crippen molar-refractivity contribution in [2.24, 2.45) is 5.73 Å². The highest BCUT2D eigenvalue weighted by atomic mass is 16.6. The van der Waals surface area contributed by atoms with E-state index in [1.807, 2.05) is 29.2 Å². The number of ketones is 1. The van der Waals surface area contributed by atoms with Crippen LogP contribution in [0.3, 0.4) is 0 Å². The molecule has 4 rings (SSSR count). The molecule has 4 amide bonds. The second-order valence-electron chi connectivity index (χ2n) is 11.2. The molecule has 0 aromatic heterocycles. The first kappa shape index (κ1) is 35.2. The number of carbonyl (C=O) groups excluding carboxylic acids is 5. The summed E-state index contributed by atoms with van der Waals surface area (Å²) in [5, 5.41) is 7.75. The van der Waals surface area contributed by atoms with Gasteiger partial charge in [-0.1, -0.05) is 29.8 Å². The normalized spacial score (nSPS) is 18.7. The second kappa shape index (κ2) is 16.7. The zero-order chi connectivity index (χ0) is 33.0. The molecule has 3 atom stereocenters. The van der Waals surface area contributed by atoms with Crippen molar-refractivity contribution in [3.8, 4) is 5.75 Å². The molecule has 45 heavy (non-hydrogen) atoms. The number of morpholine rings is 1. The molecule has 2 unspecified atom stereocenters. The van der Waals surface area contributed by atoms with Gasteiger partial charge < -0.3 is 35.9 Å². The summed E-state index contributed by atoms with van der Waals surface area (Å²) in [6, 6.07) is 12.6. The number of aryl methyl sites for hydroxylation is 1. The first-order valence-electron chi connectivity index (χ1n) is 14.7. The number of Topliss-reactive ketones (excluding diaryl/α,β-unsaturated/α-hetero) is 1. The lowest BCUT2D eigenvalue weighted by Crippen LogP contribution is -2.53. The van der Waals surface area contributed by atoms with E-state index in [0.29, 0.717) is 37.4 Å². The Morgan fingerprint density at radius 1 is 0.978 bits per heavy atom. The molecule has 5 N–H and O–H groups in total. The van der Waals surface area contributed by atoms with Gasteiger partial charge in [-0.2, -0.15) is 0 Å². The number of benzene rings is 2. The maximum Gasteiger partial charge on any atom is 0.248 e. The minimum Gasteiger partial charge on any atom is -0.497 e. The third-order valence-electron chi connectivity index (χ3n) is 7.35. The molecular weight excluding hydrogens is 582 g/mol. The molecule has 0 radical (unpaired) electrons. The summed E-state index contributed by atoms with van der Waals surface area (Å²) < 4.78 is 15.5. The van der Waals surface area contributed by atoms with Crippen molar-refractivity contribution >= 4 is 29.4 Å². The highest BCUT2D eigenvalue weighted by Gasteiger charge is 2.50. The third-order valence-corrected chi connectivity index (χ3v) is 7.35. The fraction of sp³-hybridized carbons (Fsp3) is 0.469. The molecular formula is C32H43N5O8. The number of nitrogens with zero attached hydrogens (tertiary/aromatic N) is 1. The molecule has 2 heterocycles. The van der Waals surface area contributed by atoms with Crippen molar-refractivity contribution in [3.63, 3.8) is 0 Å². The lowest BCUT2D eigenvalue weighted by molar-refractivity contribution is -0.132. The number of rotatable bonds is 13. The molecule has 0 aliphatic carbocycles. The summed E-state index contributed by atoms with van der Waals surface area (Å²) in [4.78, 5) is 63.3. The summed E-state index contributed by atoms with van der Waals surface area (Å²) in [6.45, 7) is 7.69. The van der Waals surface area contributed by atoms with E-state index in [-0.39, 0.29) is 37.8 Å². The minimum atomic E-state index is -0.965. The van der Waals surface area contributed by atoms with Gasteiger partial charge in [0.15, 0.2) is 5.78 Å². The van der Waals surface area contributed by atoms with Gasteiger partial charge in [0.1, 0.15) is 17.4 Å². The Hall–Kier alpha value is -4.33. The predicted molar refractivity (Wildman–Crippen MR) is 166 cm³/mol. The standard InChI is InChI=1S/C24H33N5O7.C8H10O/c1-15(27-20(31)13-29-7-9-35-10-8-29)23(34)26-12-19(30)28-18(21(32)24(2)14-36-24)11-16-3-5-17(6-4-16)22(25)33;1-7-3-5-8(9-2)6-4-7/h3-6,15,18H,7-14H2,1-2H3,(H2,25,33)(H,26,34)(H,27,31)(H,28,30);3-6H,1-2H3/t15?,18?,24-;/m1./s1. The Balaban J connectivity index is 0.000000525. The summed E-state index contributed by atoms with van der Waals surface area (Å²) >= 11 is 0. The lowest BCUT2D eigenvalue weighted by Gasteiger charge is -2.26. The fourth-order valence-corrected chi connectivity index (χ4v) is 4.42. The van der Waals surface area contributed by atoms with E-state index < -0.39 is 35.4 Å². The van der Waals surface area contributed by atoms with Crippen LogP contribution in [0.15, 0.2) is 48.5 Å². The van der Waals surface area contributed by atoms with Gasteiger partial charge in [0.25, 0.3) is 0 Å². The Labute approximate surface area is 263 Å². The molecule has 2 aliphatic heterocycles. The molecule has 2 aliphatic rings. The maximum atomic E-state index is 12.9. The van der Waals surface area contributed by atoms with E-state index in [2.05, 4.69) is 22.9 Å². The van der Waals surface area contributed by atoms with Crippen molar-refractivity contribution in [1.82, 2.24) is 20.9 Å². The van der Waals surface area contributed by atoms with Crippen LogP contribution in [0.2, 0.25) is 0 Å². The van der Waals surface area contributed by atoms with E-state index in [4.69, 9.17) is 19.9 Å². The van der Waals surface area contributed by atoms with Crippen molar-refractivity contribution in [3.05, 3.63) is 65.2 Å². The number of epoxide rings is 1. The molecule has 2 aromatic carbocycles. The summed E-state index contributed by atoms with van der Waals surface area (Å²) in [5.41, 5.74) is 6.60. The van der Waals surface area contributed by atoms with Crippen LogP contribution >= 0.6 is 0 Å². The van der Waals surface area contributed by atoms with Crippen LogP contribution in [-0.4, -0.2) is 105 Å². The topological polar surface area (TPSA) is 182 Å². The minimum absolute atomic E-state index is 0.159. The highest BCUT2D eigenvalue weighted by molar-refractivity contribution is 5.98. The molecule has 2 saturated heterocycles. The van der Waals surface area contributed by atoms with E-state index in [1.165, 1.54) is 12.5 Å². The van der Waals surface area contributed by atoms with Gasteiger partial charge in [0, 0.05) is 18.7 Å². The van der Waals surface area contributed by atoms with Gasteiger partial charge in [-0.3, -0.25) is 28.9 Å². The number of hydrogen-bond acceptors (Lipinski definition) is 9. The van der Waals surface area contributed by atoms with Crippen molar-refractivity contribution < 1.29 is 38.2 Å². The van der Waals surface area contributed by atoms with Crippen LogP contribution in [0.5, 0.6) is 5.75 Å². The van der Waals surface area contributed by atoms with E-state index in [0.717, 1.165) is 5.75 Å². The fourth-order valence-electron chi connectivity index (χ4n) is 4.42. The molecule has 0 spiro atoms. The van der Waals surface area contributed by atoms with Crippen LogP contribution in [0.1, 0.15) is 35.3 Å². The van der Waals surface area contributed by atoms with Gasteiger partial charge in [0.2, 0.25) is 23.6 Å². The second-order valence-corrected chi connectivity index (χ2v) is 11.2. The number of amides is 4. The van der Waals surface area contributed by atoms with Crippen LogP contribution in [0, 0.1) is 6.92 Å². The SMILES string of the molecule is CC(NC(=O)CN1CCOCC1)C(=O)NCC(=O)NC(Cc1ccc(C(N)=O)cc1)C(=O)[C@@]1(C)CO1.COc1ccc(C)cc1. The Kier molecular flexibility index (Phi) is 13.0. The Bertz CT molecular complexity index is 1320. The highest BCUT2D eigenvalue weighted by Crippen LogP contribution is 2.29. The Morgan fingerprint density at radius 2 is 1.60 bits per heavy atom. The largest absolute Gasteiger partial charge is 0.497 e. The Morgan fingerprint density at radius 3 is 2.16 bits per heavy atom. The van der Waals surface area contributed by atoms with Crippen molar-refractivity contribution in [1.29, 1.82) is 0 Å². The van der Waals surface area contributed by atoms with Gasteiger partial charge in [0.05, 0.1) is 46.1 Å². The maximum absolute atomic E-state index is 12.9. The lowest BCUT2D eigenvalue weighted by atomic mass is 9.94. The van der Waals surface area contributed by atoms with Crippen molar-refractivity contribution in [2.75, 3.05) is 53.1 Å². The number of hydrogen-bond donors (Lipinski definition) is 4. The molecule has 244 valence electrons. The number of nitrogens with two attached hydrogens (primary N) is 1. The zero-order valence-corrected chi connectivity index (χ0v) is 26.2. The number of methoxy groups -OCH3 is 1. The number of ether oxygens (including phenoxy) is 3. The number of primary amides is 1. The van der Waals surface area contributed by atoms with E-state index in [1.54, 1.807) is 38.3 Å². The first-order valence-corrected chi connectivity index (χ1v) is 14.7. The van der Waals surface area contributed by atoms with Gasteiger partial charge >= 0.3 is 0 Å². The smallest absolute Gasteiger partial charge is 0.248 e.